The Morgan fingerprint density at radius 3 is 2.55 bits per heavy atom. The van der Waals surface area contributed by atoms with Crippen molar-refractivity contribution < 1.29 is 18.3 Å². The molecular weight excluding hydrogens is 300 g/mol. The zero-order valence-electron chi connectivity index (χ0n) is 11.5. The van der Waals surface area contributed by atoms with E-state index in [0.717, 1.165) is 6.07 Å². The highest BCUT2D eigenvalue weighted by molar-refractivity contribution is 7.98. The molecule has 0 aliphatic heterocycles. The number of nitrogens with two attached hydrogens (primary N) is 1. The zero-order valence-corrected chi connectivity index (χ0v) is 13.2. The minimum absolute atomic E-state index is 0.0405. The van der Waals surface area contributed by atoms with E-state index in [2.05, 4.69) is 0 Å². The van der Waals surface area contributed by atoms with Gasteiger partial charge in [-0.05, 0) is 31.4 Å². The number of benzene rings is 1. The van der Waals surface area contributed by atoms with Crippen LogP contribution in [-0.4, -0.2) is 48.9 Å². The Kier molecular flexibility index (Phi) is 5.43. The van der Waals surface area contributed by atoms with Crippen molar-refractivity contribution in [1.29, 1.82) is 0 Å². The maximum Gasteiger partial charge on any atom is 0.335 e. The van der Waals surface area contributed by atoms with Crippen LogP contribution >= 0.6 is 11.8 Å². The zero-order chi connectivity index (χ0) is 15.5. The van der Waals surface area contributed by atoms with E-state index in [4.69, 9.17) is 10.8 Å². The summed E-state index contributed by atoms with van der Waals surface area (Å²) in [5.41, 5.74) is 5.58. The van der Waals surface area contributed by atoms with Crippen molar-refractivity contribution in [3.05, 3.63) is 23.8 Å². The number of carbonyl (C=O) groups is 1. The molecule has 0 amide bonds. The second-order valence-corrected chi connectivity index (χ2v) is 7.26. The molecule has 3 N–H and O–H groups in total. The standard InChI is InChI=1S/C12H18N2O4S2/c1-8(7-19-3)14(2)20(17,18)11-5-4-9(12(15)16)6-10(11)13/h4-6,8H,7,13H2,1-3H3,(H,15,16). The summed E-state index contributed by atoms with van der Waals surface area (Å²) < 4.78 is 26.1. The Hall–Kier alpha value is -1.25. The van der Waals surface area contributed by atoms with Gasteiger partial charge in [-0.1, -0.05) is 0 Å². The number of thioether (sulfide) groups is 1. The largest absolute Gasteiger partial charge is 0.478 e. The summed E-state index contributed by atoms with van der Waals surface area (Å²) >= 11 is 1.54. The third-order valence-corrected chi connectivity index (χ3v) is 5.80. The monoisotopic (exact) mass is 318 g/mol. The summed E-state index contributed by atoms with van der Waals surface area (Å²) in [7, 11) is -2.24. The smallest absolute Gasteiger partial charge is 0.335 e. The molecule has 112 valence electrons. The van der Waals surface area contributed by atoms with E-state index in [-0.39, 0.29) is 22.2 Å². The molecule has 1 unspecified atom stereocenters. The molecule has 0 aliphatic carbocycles. The highest BCUT2D eigenvalue weighted by atomic mass is 32.2. The molecule has 0 fully saturated rings. The van der Waals surface area contributed by atoms with Crippen LogP contribution in [0.1, 0.15) is 17.3 Å². The van der Waals surface area contributed by atoms with Crippen LogP contribution in [0.3, 0.4) is 0 Å². The second-order valence-electron chi connectivity index (χ2n) is 4.38. The van der Waals surface area contributed by atoms with Gasteiger partial charge in [0.15, 0.2) is 0 Å². The highest BCUT2D eigenvalue weighted by Crippen LogP contribution is 2.24. The SMILES string of the molecule is CSCC(C)N(C)S(=O)(=O)c1ccc(C(=O)O)cc1N. The Labute approximate surface area is 123 Å². The second kappa shape index (κ2) is 6.47. The van der Waals surface area contributed by atoms with E-state index >= 15 is 0 Å². The molecule has 0 saturated carbocycles. The first-order valence-electron chi connectivity index (χ1n) is 5.81. The summed E-state index contributed by atoms with van der Waals surface area (Å²) in [5, 5.41) is 8.85. The first-order chi connectivity index (χ1) is 9.21. The van der Waals surface area contributed by atoms with Crippen LogP contribution in [0.4, 0.5) is 5.69 Å². The topological polar surface area (TPSA) is 101 Å². The predicted molar refractivity (Wildman–Crippen MR) is 80.6 cm³/mol. The molecule has 0 radical (unpaired) electrons. The van der Waals surface area contributed by atoms with Gasteiger partial charge in [-0.25, -0.2) is 13.2 Å². The summed E-state index contributed by atoms with van der Waals surface area (Å²) in [6.45, 7) is 1.80. The normalized spacial score (nSPS) is 13.4. The molecule has 0 heterocycles. The number of nitrogens with zero attached hydrogens (tertiary/aromatic N) is 1. The van der Waals surface area contributed by atoms with Crippen molar-refractivity contribution in [3.8, 4) is 0 Å². The van der Waals surface area contributed by atoms with Gasteiger partial charge in [0.05, 0.1) is 11.3 Å². The minimum Gasteiger partial charge on any atom is -0.478 e. The number of hydrogen-bond donors (Lipinski definition) is 2. The average Bonchev–Trinajstić information content (AvgIpc) is 2.37. The van der Waals surface area contributed by atoms with E-state index in [1.807, 2.05) is 6.26 Å². The van der Waals surface area contributed by atoms with E-state index in [9.17, 15) is 13.2 Å². The molecule has 0 bridgehead atoms. The molecule has 1 atom stereocenters. The molecular formula is C12H18N2O4S2. The van der Waals surface area contributed by atoms with Gasteiger partial charge in [-0.2, -0.15) is 16.1 Å². The first kappa shape index (κ1) is 16.8. The molecule has 1 rings (SSSR count). The van der Waals surface area contributed by atoms with Crippen LogP contribution in [0, 0.1) is 0 Å². The number of rotatable bonds is 6. The van der Waals surface area contributed by atoms with Crippen LogP contribution in [0.2, 0.25) is 0 Å². The molecule has 0 spiro atoms. The van der Waals surface area contributed by atoms with E-state index in [1.165, 1.54) is 23.5 Å². The summed E-state index contributed by atoms with van der Waals surface area (Å²) in [4.78, 5) is 10.8. The van der Waals surface area contributed by atoms with Gasteiger partial charge in [0.1, 0.15) is 4.90 Å². The fourth-order valence-corrected chi connectivity index (χ4v) is 3.91. The van der Waals surface area contributed by atoms with Gasteiger partial charge < -0.3 is 10.8 Å². The number of carboxylic acid groups (broad SMARTS) is 1. The maximum absolute atomic E-state index is 12.4. The quantitative estimate of drug-likeness (QED) is 0.768. The number of hydrogen-bond acceptors (Lipinski definition) is 5. The molecule has 0 saturated heterocycles. The summed E-state index contributed by atoms with van der Waals surface area (Å²) in [5.74, 6) is -0.493. The van der Waals surface area contributed by atoms with E-state index < -0.39 is 16.0 Å². The predicted octanol–water partition coefficient (Wildman–Crippen LogP) is 1.34. The van der Waals surface area contributed by atoms with Crippen LogP contribution in [-0.2, 0) is 10.0 Å². The molecule has 20 heavy (non-hydrogen) atoms. The van der Waals surface area contributed by atoms with Crippen molar-refractivity contribution in [2.75, 3.05) is 24.8 Å². The lowest BCUT2D eigenvalue weighted by Crippen LogP contribution is -2.36. The molecule has 8 heteroatoms. The molecule has 1 aromatic rings. The molecule has 6 nitrogen and oxygen atoms in total. The first-order valence-corrected chi connectivity index (χ1v) is 8.65. The fourth-order valence-electron chi connectivity index (χ4n) is 1.65. The lowest BCUT2D eigenvalue weighted by atomic mass is 10.2. The number of nitrogen functional groups attached to an aromatic ring is 1. The summed E-state index contributed by atoms with van der Waals surface area (Å²) in [6.07, 6.45) is 1.90. The van der Waals surface area contributed by atoms with Crippen molar-refractivity contribution >= 4 is 33.4 Å². The van der Waals surface area contributed by atoms with Crippen molar-refractivity contribution in [2.45, 2.75) is 17.9 Å². The molecule has 1 aromatic carbocycles. The minimum atomic E-state index is -3.73. The lowest BCUT2D eigenvalue weighted by molar-refractivity contribution is 0.0697. The lowest BCUT2D eigenvalue weighted by Gasteiger charge is -2.24. The van der Waals surface area contributed by atoms with Gasteiger partial charge in [0, 0.05) is 18.8 Å². The third-order valence-electron chi connectivity index (χ3n) is 2.94. The van der Waals surface area contributed by atoms with Gasteiger partial charge in [-0.15, -0.1) is 0 Å². The van der Waals surface area contributed by atoms with Crippen LogP contribution in [0.5, 0.6) is 0 Å². The van der Waals surface area contributed by atoms with Crippen LogP contribution in [0.15, 0.2) is 23.1 Å². The third kappa shape index (κ3) is 3.44. The van der Waals surface area contributed by atoms with Crippen LogP contribution < -0.4 is 5.73 Å². The Balaban J connectivity index is 3.19. The number of aromatic carboxylic acids is 1. The van der Waals surface area contributed by atoms with Crippen molar-refractivity contribution in [1.82, 2.24) is 4.31 Å². The van der Waals surface area contributed by atoms with E-state index in [1.54, 1.807) is 18.7 Å². The molecule has 0 aliphatic rings. The number of carboxylic acids is 1. The van der Waals surface area contributed by atoms with Crippen molar-refractivity contribution in [3.63, 3.8) is 0 Å². The van der Waals surface area contributed by atoms with E-state index in [0.29, 0.717) is 5.75 Å². The Morgan fingerprint density at radius 2 is 2.10 bits per heavy atom. The van der Waals surface area contributed by atoms with Crippen LogP contribution in [0.25, 0.3) is 0 Å². The maximum atomic E-state index is 12.4. The van der Waals surface area contributed by atoms with Gasteiger partial charge in [0.2, 0.25) is 10.0 Å². The Bertz CT molecular complexity index is 601. The van der Waals surface area contributed by atoms with Gasteiger partial charge in [0.25, 0.3) is 0 Å². The summed E-state index contributed by atoms with van der Waals surface area (Å²) in [6, 6.07) is 3.44. The average molecular weight is 318 g/mol. The number of sulfonamides is 1. The molecule has 0 aromatic heterocycles. The number of anilines is 1. The van der Waals surface area contributed by atoms with Crippen molar-refractivity contribution in [2.24, 2.45) is 0 Å². The fraction of sp³-hybridized carbons (Fsp3) is 0.417. The van der Waals surface area contributed by atoms with Gasteiger partial charge >= 0.3 is 5.97 Å². The highest BCUT2D eigenvalue weighted by Gasteiger charge is 2.27. The Morgan fingerprint density at radius 1 is 1.50 bits per heavy atom. The van der Waals surface area contributed by atoms with Gasteiger partial charge in [-0.3, -0.25) is 0 Å².